The highest BCUT2D eigenvalue weighted by Crippen LogP contribution is 2.28. The number of nitrogens with zero attached hydrogens (tertiary/aromatic N) is 1. The lowest BCUT2D eigenvalue weighted by Gasteiger charge is -2.00. The van der Waals surface area contributed by atoms with Crippen LogP contribution in [0.1, 0.15) is 5.56 Å². The van der Waals surface area contributed by atoms with E-state index in [1.807, 2.05) is 0 Å². The molecule has 0 bridgehead atoms. The number of hydrogen-bond acceptors (Lipinski definition) is 2. The Kier molecular flexibility index (Phi) is 3.22. The molecule has 3 nitrogen and oxygen atoms in total. The molecule has 0 aliphatic rings. The molecule has 0 saturated heterocycles. The average Bonchev–Trinajstić information content (AvgIpc) is 2.03. The SMILES string of the molecule is O=[N+]([O-])c1cc(CBr)c(F)cc1Cl. The summed E-state index contributed by atoms with van der Waals surface area (Å²) in [6.45, 7) is 0. The molecular weight excluding hydrogens is 264 g/mol. The molecule has 1 aromatic carbocycles. The first-order valence-electron chi connectivity index (χ1n) is 3.24. The van der Waals surface area contributed by atoms with Crippen LogP contribution >= 0.6 is 27.5 Å². The highest BCUT2D eigenvalue weighted by atomic mass is 79.9. The Hall–Kier alpha value is -0.680. The molecule has 0 fully saturated rings. The molecule has 1 rings (SSSR count). The lowest BCUT2D eigenvalue weighted by molar-refractivity contribution is -0.384. The number of rotatable bonds is 2. The smallest absolute Gasteiger partial charge is 0.258 e. The van der Waals surface area contributed by atoms with Gasteiger partial charge in [0.15, 0.2) is 0 Å². The van der Waals surface area contributed by atoms with Gasteiger partial charge in [0.2, 0.25) is 0 Å². The second-order valence-electron chi connectivity index (χ2n) is 2.29. The van der Waals surface area contributed by atoms with Gasteiger partial charge in [0.25, 0.3) is 5.69 Å². The van der Waals surface area contributed by atoms with E-state index in [9.17, 15) is 14.5 Å². The van der Waals surface area contributed by atoms with Gasteiger partial charge in [-0.1, -0.05) is 27.5 Å². The summed E-state index contributed by atoms with van der Waals surface area (Å²) in [7, 11) is 0. The van der Waals surface area contributed by atoms with Crippen molar-refractivity contribution < 1.29 is 9.31 Å². The molecule has 0 N–H and O–H groups in total. The summed E-state index contributed by atoms with van der Waals surface area (Å²) in [6.07, 6.45) is 0. The summed E-state index contributed by atoms with van der Waals surface area (Å²) >= 11 is 8.47. The third kappa shape index (κ3) is 2.16. The van der Waals surface area contributed by atoms with Gasteiger partial charge < -0.3 is 0 Å². The Morgan fingerprint density at radius 3 is 2.69 bits per heavy atom. The molecule has 0 aliphatic carbocycles. The van der Waals surface area contributed by atoms with Gasteiger partial charge in [-0.25, -0.2) is 4.39 Å². The van der Waals surface area contributed by atoms with Crippen LogP contribution in [0.2, 0.25) is 5.02 Å². The fourth-order valence-electron chi connectivity index (χ4n) is 0.823. The van der Waals surface area contributed by atoms with E-state index in [-0.39, 0.29) is 21.6 Å². The molecule has 0 heterocycles. The summed E-state index contributed by atoms with van der Waals surface area (Å²) in [5.74, 6) is -0.549. The fraction of sp³-hybridized carbons (Fsp3) is 0.143. The summed E-state index contributed by atoms with van der Waals surface area (Å²) in [4.78, 5) is 9.74. The lowest BCUT2D eigenvalue weighted by atomic mass is 10.2. The van der Waals surface area contributed by atoms with Gasteiger partial charge in [-0.3, -0.25) is 10.1 Å². The van der Waals surface area contributed by atoms with E-state index in [0.29, 0.717) is 0 Å². The fourth-order valence-corrected chi connectivity index (χ4v) is 1.47. The van der Waals surface area contributed by atoms with Gasteiger partial charge in [-0.2, -0.15) is 0 Å². The molecule has 0 unspecified atom stereocenters. The summed E-state index contributed by atoms with van der Waals surface area (Å²) in [6, 6.07) is 2.06. The van der Waals surface area contributed by atoms with Crippen molar-refractivity contribution in [1.29, 1.82) is 0 Å². The maximum absolute atomic E-state index is 13.0. The molecule has 0 spiro atoms. The Balaban J connectivity index is 3.30. The molecule has 6 heteroatoms. The first-order chi connectivity index (χ1) is 6.06. The highest BCUT2D eigenvalue weighted by Gasteiger charge is 2.15. The van der Waals surface area contributed by atoms with Crippen LogP contribution < -0.4 is 0 Å². The monoisotopic (exact) mass is 267 g/mol. The quantitative estimate of drug-likeness (QED) is 0.469. The minimum Gasteiger partial charge on any atom is -0.258 e. The van der Waals surface area contributed by atoms with Crippen LogP contribution in [0.3, 0.4) is 0 Å². The number of nitro groups is 1. The van der Waals surface area contributed by atoms with Crippen LogP contribution in [0.5, 0.6) is 0 Å². The molecule has 0 atom stereocenters. The zero-order valence-corrected chi connectivity index (χ0v) is 8.60. The van der Waals surface area contributed by atoms with Crippen LogP contribution in [0.15, 0.2) is 12.1 Å². The Morgan fingerprint density at radius 2 is 2.23 bits per heavy atom. The zero-order chi connectivity index (χ0) is 10.0. The minimum absolute atomic E-state index is 0.188. The standard InChI is InChI=1S/C7H4BrClFNO2/c8-3-4-1-7(11(12)13)5(9)2-6(4)10/h1-2H,3H2. The van der Waals surface area contributed by atoms with E-state index >= 15 is 0 Å². The second kappa shape index (κ2) is 4.02. The van der Waals surface area contributed by atoms with Crippen molar-refractivity contribution in [1.82, 2.24) is 0 Å². The van der Waals surface area contributed by atoms with Crippen molar-refractivity contribution in [2.75, 3.05) is 0 Å². The summed E-state index contributed by atoms with van der Waals surface area (Å²) < 4.78 is 13.0. The van der Waals surface area contributed by atoms with Gasteiger partial charge >= 0.3 is 0 Å². The third-order valence-corrected chi connectivity index (χ3v) is 2.36. The molecule has 70 valence electrons. The molecule has 0 radical (unpaired) electrons. The molecular formula is C7H4BrClFNO2. The molecule has 0 saturated carbocycles. The van der Waals surface area contributed by atoms with E-state index in [1.165, 1.54) is 0 Å². The Bertz CT molecular complexity index is 359. The molecule has 1 aromatic rings. The number of hydrogen-bond donors (Lipinski definition) is 0. The predicted octanol–water partition coefficient (Wildman–Crippen LogP) is 3.28. The van der Waals surface area contributed by atoms with Crippen LogP contribution in [0, 0.1) is 15.9 Å². The van der Waals surface area contributed by atoms with E-state index in [0.717, 1.165) is 12.1 Å². The number of alkyl halides is 1. The van der Waals surface area contributed by atoms with Crippen molar-refractivity contribution in [2.24, 2.45) is 0 Å². The maximum atomic E-state index is 13.0. The van der Waals surface area contributed by atoms with Crippen molar-refractivity contribution in [3.05, 3.63) is 38.7 Å². The summed E-state index contributed by atoms with van der Waals surface area (Å²) in [5.41, 5.74) is -0.0615. The van der Waals surface area contributed by atoms with Crippen LogP contribution in [-0.4, -0.2) is 4.92 Å². The van der Waals surface area contributed by atoms with Gasteiger partial charge in [-0.05, 0) is 6.07 Å². The van der Waals surface area contributed by atoms with Crippen molar-refractivity contribution in [3.8, 4) is 0 Å². The van der Waals surface area contributed by atoms with Gasteiger partial charge in [-0.15, -0.1) is 0 Å². The van der Waals surface area contributed by atoms with Crippen LogP contribution in [0.4, 0.5) is 10.1 Å². The zero-order valence-electron chi connectivity index (χ0n) is 6.26. The van der Waals surface area contributed by atoms with Gasteiger partial charge in [0.1, 0.15) is 10.8 Å². The van der Waals surface area contributed by atoms with Gasteiger partial charge in [0.05, 0.1) is 4.92 Å². The van der Waals surface area contributed by atoms with Crippen LogP contribution in [0.25, 0.3) is 0 Å². The van der Waals surface area contributed by atoms with E-state index in [4.69, 9.17) is 11.6 Å². The molecule has 0 aliphatic heterocycles. The van der Waals surface area contributed by atoms with E-state index < -0.39 is 10.7 Å². The summed E-state index contributed by atoms with van der Waals surface area (Å²) in [5, 5.41) is 10.4. The highest BCUT2D eigenvalue weighted by molar-refractivity contribution is 9.08. The van der Waals surface area contributed by atoms with Crippen molar-refractivity contribution >= 4 is 33.2 Å². The molecule has 0 aromatic heterocycles. The largest absolute Gasteiger partial charge is 0.288 e. The molecule has 13 heavy (non-hydrogen) atoms. The lowest BCUT2D eigenvalue weighted by Crippen LogP contribution is -1.93. The maximum Gasteiger partial charge on any atom is 0.288 e. The number of halogens is 3. The third-order valence-electron chi connectivity index (χ3n) is 1.46. The van der Waals surface area contributed by atoms with Gasteiger partial charge in [0, 0.05) is 17.0 Å². The Labute approximate surface area is 86.8 Å². The Morgan fingerprint density at radius 1 is 1.62 bits per heavy atom. The normalized spacial score (nSPS) is 10.1. The predicted molar refractivity (Wildman–Crippen MR) is 50.7 cm³/mol. The number of benzene rings is 1. The van der Waals surface area contributed by atoms with E-state index in [2.05, 4.69) is 15.9 Å². The first kappa shape index (κ1) is 10.4. The van der Waals surface area contributed by atoms with Crippen molar-refractivity contribution in [3.63, 3.8) is 0 Å². The van der Waals surface area contributed by atoms with Crippen molar-refractivity contribution in [2.45, 2.75) is 5.33 Å². The first-order valence-corrected chi connectivity index (χ1v) is 4.74. The van der Waals surface area contributed by atoms with Crippen LogP contribution in [-0.2, 0) is 5.33 Å². The van der Waals surface area contributed by atoms with E-state index in [1.54, 1.807) is 0 Å². The topological polar surface area (TPSA) is 43.1 Å². The number of nitro benzene ring substituents is 1. The molecule has 0 amide bonds. The second-order valence-corrected chi connectivity index (χ2v) is 3.25. The minimum atomic E-state index is -0.645. The average molecular weight is 268 g/mol.